The number of hydrogen-bond donors (Lipinski definition) is 1. The standard InChI is InChI=1S/C23H21O2P/c24-23(19-10-4-1-5-11-19,20-12-6-2-7-13-20)21-16-17-26(25,18-21)22-14-8-3-9-15-22/h1-17,21,24H,18H2/t21-,26+/m1/s1. The molecular formula is C23H21O2P. The van der Waals surface area contributed by atoms with Gasteiger partial charge in [-0.3, -0.25) is 0 Å². The van der Waals surface area contributed by atoms with Crippen LogP contribution in [0.1, 0.15) is 11.1 Å². The number of hydrogen-bond acceptors (Lipinski definition) is 2. The Kier molecular flexibility index (Phi) is 4.40. The summed E-state index contributed by atoms with van der Waals surface area (Å²) >= 11 is 0. The topological polar surface area (TPSA) is 37.3 Å². The molecule has 3 aromatic rings. The van der Waals surface area contributed by atoms with E-state index in [0.717, 1.165) is 16.4 Å². The summed E-state index contributed by atoms with van der Waals surface area (Å²) in [5.74, 6) is 1.57. The van der Waals surface area contributed by atoms with E-state index in [1.165, 1.54) is 0 Å². The van der Waals surface area contributed by atoms with Crippen LogP contribution < -0.4 is 5.30 Å². The van der Waals surface area contributed by atoms with Gasteiger partial charge in [-0.15, -0.1) is 0 Å². The van der Waals surface area contributed by atoms with E-state index in [9.17, 15) is 9.67 Å². The van der Waals surface area contributed by atoms with Crippen LogP contribution >= 0.6 is 7.14 Å². The Balaban J connectivity index is 1.78. The molecular weight excluding hydrogens is 339 g/mol. The van der Waals surface area contributed by atoms with Gasteiger partial charge in [0.05, 0.1) is 0 Å². The first kappa shape index (κ1) is 17.0. The number of benzene rings is 3. The molecule has 0 fully saturated rings. The molecule has 4 rings (SSSR count). The zero-order chi connectivity index (χ0) is 18.0. The van der Waals surface area contributed by atoms with Crippen molar-refractivity contribution in [1.82, 2.24) is 0 Å². The highest BCUT2D eigenvalue weighted by Crippen LogP contribution is 2.57. The third kappa shape index (κ3) is 2.86. The van der Waals surface area contributed by atoms with Gasteiger partial charge < -0.3 is 9.67 Å². The zero-order valence-electron chi connectivity index (χ0n) is 14.4. The molecule has 3 aromatic carbocycles. The molecule has 2 atom stereocenters. The minimum atomic E-state index is -2.66. The van der Waals surface area contributed by atoms with Crippen molar-refractivity contribution in [2.75, 3.05) is 6.16 Å². The molecule has 0 amide bonds. The van der Waals surface area contributed by atoms with Gasteiger partial charge in [-0.2, -0.15) is 0 Å². The summed E-state index contributed by atoms with van der Waals surface area (Å²) in [5, 5.41) is 12.7. The second-order valence-electron chi connectivity index (χ2n) is 6.76. The highest BCUT2D eigenvalue weighted by atomic mass is 31.2. The number of rotatable bonds is 4. The monoisotopic (exact) mass is 360 g/mol. The van der Waals surface area contributed by atoms with Crippen LogP contribution in [0.25, 0.3) is 0 Å². The minimum Gasteiger partial charge on any atom is -0.380 e. The van der Waals surface area contributed by atoms with Crippen LogP contribution in [0.5, 0.6) is 0 Å². The van der Waals surface area contributed by atoms with Crippen LogP contribution in [-0.4, -0.2) is 11.3 Å². The lowest BCUT2D eigenvalue weighted by Gasteiger charge is -2.35. The SMILES string of the molecule is O=[P@@]1(c2ccccc2)C=C[C@@H](C(O)(c2ccccc2)c2ccccc2)C1. The molecule has 0 aliphatic carbocycles. The smallest absolute Gasteiger partial charge is 0.136 e. The lowest BCUT2D eigenvalue weighted by molar-refractivity contribution is 0.0455. The average Bonchev–Trinajstić information content (AvgIpc) is 3.13. The Morgan fingerprint density at radius 3 is 1.73 bits per heavy atom. The molecule has 3 heteroatoms. The van der Waals surface area contributed by atoms with E-state index in [1.807, 2.05) is 103 Å². The van der Waals surface area contributed by atoms with Crippen LogP contribution in [0, 0.1) is 5.92 Å². The Labute approximate surface area is 154 Å². The predicted octanol–water partition coefficient (Wildman–Crippen LogP) is 4.75. The lowest BCUT2D eigenvalue weighted by Crippen LogP contribution is -2.36. The summed E-state index contributed by atoms with van der Waals surface area (Å²) in [6.45, 7) is 0. The summed E-state index contributed by atoms with van der Waals surface area (Å²) in [6.07, 6.45) is 2.37. The van der Waals surface area contributed by atoms with Gasteiger partial charge in [0, 0.05) is 17.4 Å². The third-order valence-electron chi connectivity index (χ3n) is 5.18. The molecule has 0 unspecified atom stereocenters. The molecule has 1 aliphatic rings. The normalized spacial score (nSPS) is 22.4. The van der Waals surface area contributed by atoms with Gasteiger partial charge in [0.2, 0.25) is 0 Å². The molecule has 1 aliphatic heterocycles. The lowest BCUT2D eigenvalue weighted by atomic mass is 9.77. The van der Waals surface area contributed by atoms with Crippen LogP contribution in [-0.2, 0) is 10.2 Å². The summed E-state index contributed by atoms with van der Waals surface area (Å²) in [5.41, 5.74) is 0.435. The predicted molar refractivity (Wildman–Crippen MR) is 107 cm³/mol. The van der Waals surface area contributed by atoms with E-state index in [1.54, 1.807) is 0 Å². The fourth-order valence-corrected chi connectivity index (χ4v) is 6.42. The van der Waals surface area contributed by atoms with Crippen molar-refractivity contribution in [2.24, 2.45) is 5.92 Å². The quantitative estimate of drug-likeness (QED) is 0.682. The first-order valence-corrected chi connectivity index (χ1v) is 10.8. The molecule has 1 heterocycles. The average molecular weight is 360 g/mol. The van der Waals surface area contributed by atoms with E-state index in [0.29, 0.717) is 6.16 Å². The van der Waals surface area contributed by atoms with Crippen LogP contribution in [0.15, 0.2) is 103 Å². The molecule has 0 radical (unpaired) electrons. The van der Waals surface area contributed by atoms with Crippen molar-refractivity contribution in [2.45, 2.75) is 5.60 Å². The maximum atomic E-state index is 13.5. The van der Waals surface area contributed by atoms with Gasteiger partial charge in [-0.25, -0.2) is 0 Å². The Bertz CT molecular complexity index is 910. The molecule has 0 saturated heterocycles. The van der Waals surface area contributed by atoms with Gasteiger partial charge in [0.1, 0.15) is 12.7 Å². The highest BCUT2D eigenvalue weighted by molar-refractivity contribution is 7.74. The molecule has 1 N–H and O–H groups in total. The molecule has 0 aromatic heterocycles. The summed E-state index contributed by atoms with van der Waals surface area (Å²) in [6, 6.07) is 28.9. The molecule has 0 saturated carbocycles. The van der Waals surface area contributed by atoms with Gasteiger partial charge in [-0.1, -0.05) is 97.1 Å². The van der Waals surface area contributed by atoms with E-state index >= 15 is 0 Å². The van der Waals surface area contributed by atoms with Gasteiger partial charge in [0.15, 0.2) is 0 Å². The van der Waals surface area contributed by atoms with Crippen molar-refractivity contribution < 1.29 is 9.67 Å². The fourth-order valence-electron chi connectivity index (χ4n) is 3.78. The van der Waals surface area contributed by atoms with Crippen molar-refractivity contribution in [1.29, 1.82) is 0 Å². The van der Waals surface area contributed by atoms with Gasteiger partial charge in [-0.05, 0) is 16.9 Å². The summed E-state index contributed by atoms with van der Waals surface area (Å²) in [7, 11) is -2.66. The molecule has 2 nitrogen and oxygen atoms in total. The minimum absolute atomic E-state index is 0.252. The van der Waals surface area contributed by atoms with Gasteiger partial charge in [0.25, 0.3) is 0 Å². The maximum absolute atomic E-state index is 13.5. The van der Waals surface area contributed by atoms with Crippen molar-refractivity contribution in [3.63, 3.8) is 0 Å². The Morgan fingerprint density at radius 1 is 0.769 bits per heavy atom. The molecule has 130 valence electrons. The second-order valence-corrected chi connectivity index (χ2v) is 9.53. The molecule has 0 bridgehead atoms. The maximum Gasteiger partial charge on any atom is 0.136 e. The van der Waals surface area contributed by atoms with Crippen LogP contribution in [0.2, 0.25) is 0 Å². The first-order valence-electron chi connectivity index (χ1n) is 8.80. The highest BCUT2D eigenvalue weighted by Gasteiger charge is 2.45. The van der Waals surface area contributed by atoms with Crippen molar-refractivity contribution in [3.8, 4) is 0 Å². The Morgan fingerprint density at radius 2 is 1.23 bits per heavy atom. The van der Waals surface area contributed by atoms with E-state index in [2.05, 4.69) is 0 Å². The second kappa shape index (κ2) is 6.72. The molecule has 26 heavy (non-hydrogen) atoms. The van der Waals surface area contributed by atoms with E-state index in [-0.39, 0.29) is 5.92 Å². The summed E-state index contributed by atoms with van der Waals surface area (Å²) in [4.78, 5) is 0. The van der Waals surface area contributed by atoms with E-state index in [4.69, 9.17) is 0 Å². The molecule has 0 spiro atoms. The van der Waals surface area contributed by atoms with Gasteiger partial charge >= 0.3 is 0 Å². The van der Waals surface area contributed by atoms with Crippen LogP contribution in [0.4, 0.5) is 0 Å². The van der Waals surface area contributed by atoms with Crippen molar-refractivity contribution in [3.05, 3.63) is 114 Å². The fraction of sp³-hybridized carbons (Fsp3) is 0.130. The Hall–Kier alpha value is -2.41. The zero-order valence-corrected chi connectivity index (χ0v) is 15.3. The van der Waals surface area contributed by atoms with E-state index < -0.39 is 12.7 Å². The first-order chi connectivity index (χ1) is 12.6. The van der Waals surface area contributed by atoms with Crippen molar-refractivity contribution >= 4 is 12.4 Å². The van der Waals surface area contributed by atoms with Crippen LogP contribution in [0.3, 0.4) is 0 Å². The largest absolute Gasteiger partial charge is 0.380 e. The summed E-state index contributed by atoms with van der Waals surface area (Å²) < 4.78 is 13.5. The number of aliphatic hydroxyl groups is 1. The third-order valence-corrected chi connectivity index (χ3v) is 7.95.